The molecule has 0 radical (unpaired) electrons. The minimum Gasteiger partial charge on any atom is -0.489 e. The van der Waals surface area contributed by atoms with Gasteiger partial charge in [0.15, 0.2) is 0 Å². The fraction of sp³-hybridized carbons (Fsp3) is 0.300. The van der Waals surface area contributed by atoms with E-state index in [0.29, 0.717) is 37.2 Å². The van der Waals surface area contributed by atoms with E-state index in [-0.39, 0.29) is 18.8 Å². The zero-order chi connectivity index (χ0) is 18.4. The number of primary amides is 1. The number of amides is 2. The predicted octanol–water partition coefficient (Wildman–Crippen LogP) is 2.97. The lowest BCUT2D eigenvalue weighted by atomic mass is 10.1. The molecule has 6 heteroatoms. The van der Waals surface area contributed by atoms with Crippen LogP contribution in [0.2, 0.25) is 0 Å². The molecule has 2 aromatic carbocycles. The van der Waals surface area contributed by atoms with E-state index < -0.39 is 5.91 Å². The molecule has 0 spiro atoms. The van der Waals surface area contributed by atoms with E-state index in [2.05, 4.69) is 0 Å². The van der Waals surface area contributed by atoms with Gasteiger partial charge in [-0.3, -0.25) is 4.79 Å². The van der Waals surface area contributed by atoms with Crippen LogP contribution in [0.5, 0.6) is 5.75 Å². The Labute approximate surface area is 152 Å². The molecule has 2 aromatic rings. The van der Waals surface area contributed by atoms with Crippen LogP contribution in [-0.4, -0.2) is 36.1 Å². The van der Waals surface area contributed by atoms with E-state index in [1.165, 1.54) is 0 Å². The summed E-state index contributed by atoms with van der Waals surface area (Å²) in [6.45, 7) is 1.37. The molecule has 1 fully saturated rings. The average molecular weight is 354 g/mol. The second kappa shape index (κ2) is 8.38. The molecule has 1 aliphatic rings. The largest absolute Gasteiger partial charge is 0.489 e. The van der Waals surface area contributed by atoms with Gasteiger partial charge in [0, 0.05) is 25.9 Å². The number of carbonyl (C=O) groups is 2. The number of para-hydroxylation sites is 1. The van der Waals surface area contributed by atoms with Crippen molar-refractivity contribution < 1.29 is 19.1 Å². The van der Waals surface area contributed by atoms with Crippen molar-refractivity contribution in [3.8, 4) is 5.75 Å². The molecule has 1 aliphatic heterocycles. The van der Waals surface area contributed by atoms with E-state index in [1.807, 2.05) is 30.3 Å². The normalized spacial score (nSPS) is 14.7. The molecular weight excluding hydrogens is 332 g/mol. The standard InChI is InChI=1S/C20H22N2O4/c21-19(23)17-8-4-5-9-18(17)26-16-10-12-22(13-11-16)20(24)25-14-15-6-2-1-3-7-15/h1-9,16H,10-14H2,(H2,21,23). The highest BCUT2D eigenvalue weighted by atomic mass is 16.6. The molecule has 2 N–H and O–H groups in total. The first kappa shape index (κ1) is 17.8. The summed E-state index contributed by atoms with van der Waals surface area (Å²) in [5, 5.41) is 0. The van der Waals surface area contributed by atoms with Gasteiger partial charge in [0.25, 0.3) is 5.91 Å². The highest BCUT2D eigenvalue weighted by Gasteiger charge is 2.25. The second-order valence-electron chi connectivity index (χ2n) is 6.20. The molecule has 0 atom stereocenters. The van der Waals surface area contributed by atoms with Crippen LogP contribution in [0.4, 0.5) is 4.79 Å². The average Bonchev–Trinajstić information content (AvgIpc) is 2.68. The zero-order valence-corrected chi connectivity index (χ0v) is 14.5. The van der Waals surface area contributed by atoms with Crippen molar-refractivity contribution in [1.29, 1.82) is 0 Å². The van der Waals surface area contributed by atoms with Crippen molar-refractivity contribution in [2.45, 2.75) is 25.6 Å². The number of nitrogens with two attached hydrogens (primary N) is 1. The summed E-state index contributed by atoms with van der Waals surface area (Å²) in [5.41, 5.74) is 6.71. The first-order chi connectivity index (χ1) is 12.6. The number of rotatable bonds is 5. The van der Waals surface area contributed by atoms with Crippen molar-refractivity contribution in [2.75, 3.05) is 13.1 Å². The summed E-state index contributed by atoms with van der Waals surface area (Å²) in [6, 6.07) is 16.5. The number of hydrogen-bond acceptors (Lipinski definition) is 4. The van der Waals surface area contributed by atoms with Gasteiger partial charge < -0.3 is 20.1 Å². The molecule has 136 valence electrons. The molecule has 0 aromatic heterocycles. The molecule has 0 bridgehead atoms. The Balaban J connectivity index is 1.48. The topological polar surface area (TPSA) is 81.9 Å². The smallest absolute Gasteiger partial charge is 0.410 e. The molecule has 6 nitrogen and oxygen atoms in total. The maximum Gasteiger partial charge on any atom is 0.410 e. The molecular formula is C20H22N2O4. The Morgan fingerprint density at radius 1 is 1.00 bits per heavy atom. The van der Waals surface area contributed by atoms with E-state index in [0.717, 1.165) is 5.56 Å². The predicted molar refractivity (Wildman–Crippen MR) is 96.8 cm³/mol. The van der Waals surface area contributed by atoms with Crippen LogP contribution in [-0.2, 0) is 11.3 Å². The highest BCUT2D eigenvalue weighted by molar-refractivity contribution is 5.95. The third-order valence-electron chi connectivity index (χ3n) is 4.35. The van der Waals surface area contributed by atoms with E-state index in [1.54, 1.807) is 29.2 Å². The van der Waals surface area contributed by atoms with Crippen molar-refractivity contribution in [1.82, 2.24) is 4.90 Å². The lowest BCUT2D eigenvalue weighted by molar-refractivity contribution is 0.0635. The summed E-state index contributed by atoms with van der Waals surface area (Å²) in [4.78, 5) is 25.3. The molecule has 0 unspecified atom stereocenters. The highest BCUT2D eigenvalue weighted by Crippen LogP contribution is 2.23. The van der Waals surface area contributed by atoms with Crippen LogP contribution < -0.4 is 10.5 Å². The number of benzene rings is 2. The summed E-state index contributed by atoms with van der Waals surface area (Å²) >= 11 is 0. The minimum absolute atomic E-state index is 0.0614. The molecule has 1 saturated heterocycles. The van der Waals surface area contributed by atoms with Crippen LogP contribution in [0.3, 0.4) is 0 Å². The number of nitrogens with zero attached hydrogens (tertiary/aromatic N) is 1. The van der Waals surface area contributed by atoms with Gasteiger partial charge in [-0.25, -0.2) is 4.79 Å². The number of hydrogen-bond donors (Lipinski definition) is 1. The number of likely N-dealkylation sites (tertiary alicyclic amines) is 1. The Morgan fingerprint density at radius 2 is 1.65 bits per heavy atom. The fourth-order valence-corrected chi connectivity index (χ4v) is 2.92. The third-order valence-corrected chi connectivity index (χ3v) is 4.35. The van der Waals surface area contributed by atoms with Crippen LogP contribution in [0.15, 0.2) is 54.6 Å². The zero-order valence-electron chi connectivity index (χ0n) is 14.5. The summed E-state index contributed by atoms with van der Waals surface area (Å²) in [6.07, 6.45) is 0.972. The summed E-state index contributed by atoms with van der Waals surface area (Å²) in [7, 11) is 0. The van der Waals surface area contributed by atoms with E-state index in [4.69, 9.17) is 15.2 Å². The lowest BCUT2D eigenvalue weighted by Gasteiger charge is -2.31. The van der Waals surface area contributed by atoms with E-state index >= 15 is 0 Å². The fourth-order valence-electron chi connectivity index (χ4n) is 2.92. The molecule has 3 rings (SSSR count). The maximum atomic E-state index is 12.2. The third kappa shape index (κ3) is 4.53. The first-order valence-electron chi connectivity index (χ1n) is 8.64. The lowest BCUT2D eigenvalue weighted by Crippen LogP contribution is -2.42. The molecule has 26 heavy (non-hydrogen) atoms. The molecule has 0 saturated carbocycles. The maximum absolute atomic E-state index is 12.2. The minimum atomic E-state index is -0.512. The van der Waals surface area contributed by atoms with Gasteiger partial charge in [0.1, 0.15) is 18.5 Å². The second-order valence-corrected chi connectivity index (χ2v) is 6.20. The Morgan fingerprint density at radius 3 is 2.35 bits per heavy atom. The molecule has 0 aliphatic carbocycles. The number of carbonyl (C=O) groups excluding carboxylic acids is 2. The van der Waals surface area contributed by atoms with Gasteiger partial charge in [-0.15, -0.1) is 0 Å². The van der Waals surface area contributed by atoms with Gasteiger partial charge in [-0.1, -0.05) is 42.5 Å². The number of ether oxygens (including phenoxy) is 2. The van der Waals surface area contributed by atoms with Crippen molar-refractivity contribution in [2.24, 2.45) is 5.73 Å². The molecule has 2 amide bonds. The van der Waals surface area contributed by atoms with Crippen LogP contribution in [0, 0.1) is 0 Å². The molecule has 1 heterocycles. The van der Waals surface area contributed by atoms with E-state index in [9.17, 15) is 9.59 Å². The van der Waals surface area contributed by atoms with Crippen molar-refractivity contribution in [3.05, 3.63) is 65.7 Å². The SMILES string of the molecule is NC(=O)c1ccccc1OC1CCN(C(=O)OCc2ccccc2)CC1. The summed E-state index contributed by atoms with van der Waals surface area (Å²) in [5.74, 6) is -0.0207. The van der Waals surface area contributed by atoms with Gasteiger partial charge in [-0.05, 0) is 17.7 Å². The van der Waals surface area contributed by atoms with Gasteiger partial charge in [0.05, 0.1) is 5.56 Å². The van der Waals surface area contributed by atoms with Gasteiger partial charge in [0.2, 0.25) is 0 Å². The van der Waals surface area contributed by atoms with Gasteiger partial charge >= 0.3 is 6.09 Å². The van der Waals surface area contributed by atoms with Crippen molar-refractivity contribution in [3.63, 3.8) is 0 Å². The summed E-state index contributed by atoms with van der Waals surface area (Å²) < 4.78 is 11.3. The van der Waals surface area contributed by atoms with Crippen LogP contribution in [0.1, 0.15) is 28.8 Å². The quantitative estimate of drug-likeness (QED) is 0.895. The monoisotopic (exact) mass is 354 g/mol. The van der Waals surface area contributed by atoms with Crippen LogP contribution in [0.25, 0.3) is 0 Å². The van der Waals surface area contributed by atoms with Crippen molar-refractivity contribution >= 4 is 12.0 Å². The first-order valence-corrected chi connectivity index (χ1v) is 8.64. The van der Waals surface area contributed by atoms with Crippen LogP contribution >= 0.6 is 0 Å². The Kier molecular flexibility index (Phi) is 5.73. The Hall–Kier alpha value is -3.02. The number of piperidine rings is 1. The van der Waals surface area contributed by atoms with Gasteiger partial charge in [-0.2, -0.15) is 0 Å². The Bertz CT molecular complexity index is 755.